The molecule has 0 radical (unpaired) electrons. The lowest BCUT2D eigenvalue weighted by molar-refractivity contribution is -0.153. The average Bonchev–Trinajstić information content (AvgIpc) is 2.95. The minimum absolute atomic E-state index is 0.00441. The first kappa shape index (κ1) is 20.3. The van der Waals surface area contributed by atoms with Gasteiger partial charge in [-0.3, -0.25) is 24.1 Å². The Bertz CT molecular complexity index is 917. The van der Waals surface area contributed by atoms with Crippen molar-refractivity contribution in [2.75, 3.05) is 11.9 Å². The van der Waals surface area contributed by atoms with Crippen molar-refractivity contribution in [1.29, 1.82) is 0 Å². The first-order chi connectivity index (χ1) is 13.9. The summed E-state index contributed by atoms with van der Waals surface area (Å²) in [7, 11) is 0. The number of rotatable bonds is 7. The number of benzene rings is 2. The summed E-state index contributed by atoms with van der Waals surface area (Å²) in [6.45, 7) is 3.55. The number of nitrogens with one attached hydrogen (secondary N) is 1. The fraction of sp³-hybridized carbons (Fsp3) is 0.273. The van der Waals surface area contributed by atoms with E-state index in [4.69, 9.17) is 4.74 Å². The summed E-state index contributed by atoms with van der Waals surface area (Å²) < 4.78 is 5.15. The van der Waals surface area contributed by atoms with Gasteiger partial charge in [-0.1, -0.05) is 29.8 Å². The number of nitrogens with zero attached hydrogens (tertiary/aromatic N) is 1. The van der Waals surface area contributed by atoms with Crippen LogP contribution in [0.1, 0.15) is 46.0 Å². The summed E-state index contributed by atoms with van der Waals surface area (Å²) in [4.78, 5) is 49.9. The molecule has 2 aromatic rings. The summed E-state index contributed by atoms with van der Waals surface area (Å²) >= 11 is 0. The number of anilines is 1. The predicted molar refractivity (Wildman–Crippen MR) is 106 cm³/mol. The van der Waals surface area contributed by atoms with E-state index in [1.165, 1.54) is 6.92 Å². The zero-order chi connectivity index (χ0) is 21.0. The molecule has 1 aliphatic heterocycles. The number of carbonyl (C=O) groups excluding carboxylic acids is 4. The van der Waals surface area contributed by atoms with Crippen molar-refractivity contribution in [3.05, 3.63) is 65.2 Å². The molecular formula is C22H22N2O5. The number of hydrogen-bond donors (Lipinski definition) is 1. The minimum atomic E-state index is -0.955. The van der Waals surface area contributed by atoms with Gasteiger partial charge in [0.1, 0.15) is 0 Å². The molecule has 0 saturated carbocycles. The van der Waals surface area contributed by atoms with E-state index in [9.17, 15) is 19.2 Å². The van der Waals surface area contributed by atoms with E-state index < -0.39 is 18.0 Å². The molecule has 3 amide bonds. The Morgan fingerprint density at radius 2 is 1.59 bits per heavy atom. The standard InChI is InChI=1S/C22H22N2O5/c1-14-9-11-16(12-10-14)23-20(26)15(2)29-19(25)8-5-13-24-21(27)17-6-3-4-7-18(17)22(24)28/h3-4,6-7,9-12,15H,5,8,13H2,1-2H3,(H,23,26)/t15-/m0/s1. The fourth-order valence-corrected chi connectivity index (χ4v) is 3.01. The van der Waals surface area contributed by atoms with Crippen LogP contribution >= 0.6 is 0 Å². The Morgan fingerprint density at radius 3 is 2.17 bits per heavy atom. The number of carbonyl (C=O) groups is 4. The van der Waals surface area contributed by atoms with Gasteiger partial charge in [0.05, 0.1) is 11.1 Å². The molecule has 150 valence electrons. The van der Waals surface area contributed by atoms with Gasteiger partial charge in [0.25, 0.3) is 17.7 Å². The van der Waals surface area contributed by atoms with Gasteiger partial charge < -0.3 is 10.1 Å². The van der Waals surface area contributed by atoms with Gasteiger partial charge in [-0.25, -0.2) is 0 Å². The van der Waals surface area contributed by atoms with Gasteiger partial charge in [-0.2, -0.15) is 0 Å². The van der Waals surface area contributed by atoms with E-state index in [1.54, 1.807) is 36.4 Å². The van der Waals surface area contributed by atoms with E-state index in [-0.39, 0.29) is 31.2 Å². The number of imide groups is 1. The number of esters is 1. The summed E-state index contributed by atoms with van der Waals surface area (Å²) in [6, 6.07) is 13.9. The molecule has 0 saturated heterocycles. The third kappa shape index (κ3) is 4.68. The summed E-state index contributed by atoms with van der Waals surface area (Å²) in [5.41, 5.74) is 2.44. The van der Waals surface area contributed by atoms with E-state index in [0.29, 0.717) is 16.8 Å². The quantitative estimate of drug-likeness (QED) is 0.576. The van der Waals surface area contributed by atoms with Crippen LogP contribution in [0.5, 0.6) is 0 Å². The zero-order valence-corrected chi connectivity index (χ0v) is 16.3. The maximum absolute atomic E-state index is 12.3. The second-order valence-electron chi connectivity index (χ2n) is 6.90. The highest BCUT2D eigenvalue weighted by atomic mass is 16.5. The van der Waals surface area contributed by atoms with Crippen LogP contribution < -0.4 is 5.32 Å². The number of ether oxygens (including phenoxy) is 1. The Hall–Kier alpha value is -3.48. The van der Waals surface area contributed by atoms with Gasteiger partial charge in [0.15, 0.2) is 6.10 Å². The molecule has 1 N–H and O–H groups in total. The smallest absolute Gasteiger partial charge is 0.306 e. The molecule has 1 aliphatic rings. The van der Waals surface area contributed by atoms with E-state index in [2.05, 4.69) is 5.32 Å². The van der Waals surface area contributed by atoms with Crippen molar-refractivity contribution in [3.63, 3.8) is 0 Å². The lowest BCUT2D eigenvalue weighted by atomic mass is 10.1. The van der Waals surface area contributed by atoms with Crippen LogP contribution in [0.25, 0.3) is 0 Å². The molecule has 0 aliphatic carbocycles. The fourth-order valence-electron chi connectivity index (χ4n) is 3.01. The Balaban J connectivity index is 1.44. The second kappa shape index (κ2) is 8.68. The summed E-state index contributed by atoms with van der Waals surface area (Å²) in [5, 5.41) is 2.68. The monoisotopic (exact) mass is 394 g/mol. The predicted octanol–water partition coefficient (Wildman–Crippen LogP) is 2.94. The van der Waals surface area contributed by atoms with Gasteiger partial charge in [-0.15, -0.1) is 0 Å². The van der Waals surface area contributed by atoms with E-state index in [1.807, 2.05) is 19.1 Å². The zero-order valence-electron chi connectivity index (χ0n) is 16.3. The maximum atomic E-state index is 12.3. The van der Waals surface area contributed by atoms with E-state index >= 15 is 0 Å². The highest BCUT2D eigenvalue weighted by Gasteiger charge is 2.34. The maximum Gasteiger partial charge on any atom is 0.306 e. The largest absolute Gasteiger partial charge is 0.453 e. The first-order valence-corrected chi connectivity index (χ1v) is 9.39. The van der Waals surface area contributed by atoms with Crippen molar-refractivity contribution in [2.24, 2.45) is 0 Å². The third-order valence-electron chi connectivity index (χ3n) is 4.64. The van der Waals surface area contributed by atoms with Gasteiger partial charge >= 0.3 is 5.97 Å². The van der Waals surface area contributed by atoms with Crippen LogP contribution in [0.15, 0.2) is 48.5 Å². The SMILES string of the molecule is Cc1ccc(NC(=O)[C@H](C)OC(=O)CCCN2C(=O)c3ccccc3C2=O)cc1. The number of fused-ring (bicyclic) bond motifs is 1. The molecule has 0 aromatic heterocycles. The summed E-state index contributed by atoms with van der Waals surface area (Å²) in [6.07, 6.45) is -0.699. The van der Waals surface area contributed by atoms with Crippen LogP contribution in [-0.2, 0) is 14.3 Å². The molecule has 2 aromatic carbocycles. The molecular weight excluding hydrogens is 372 g/mol. The van der Waals surface area contributed by atoms with Crippen molar-refractivity contribution in [3.8, 4) is 0 Å². The normalized spacial score (nSPS) is 13.8. The molecule has 29 heavy (non-hydrogen) atoms. The van der Waals surface area contributed by atoms with Crippen LogP contribution in [-0.4, -0.2) is 41.2 Å². The van der Waals surface area contributed by atoms with Crippen molar-refractivity contribution >= 4 is 29.4 Å². The van der Waals surface area contributed by atoms with Crippen LogP contribution in [0.2, 0.25) is 0 Å². The molecule has 0 spiro atoms. The van der Waals surface area contributed by atoms with E-state index in [0.717, 1.165) is 10.5 Å². The van der Waals surface area contributed by atoms with Crippen molar-refractivity contribution in [1.82, 2.24) is 4.90 Å². The van der Waals surface area contributed by atoms with Crippen molar-refractivity contribution in [2.45, 2.75) is 32.8 Å². The minimum Gasteiger partial charge on any atom is -0.453 e. The van der Waals surface area contributed by atoms with Crippen LogP contribution in [0.3, 0.4) is 0 Å². The molecule has 1 atom stereocenters. The Labute approximate surface area is 168 Å². The topological polar surface area (TPSA) is 92.8 Å². The second-order valence-corrected chi connectivity index (χ2v) is 6.90. The average molecular weight is 394 g/mol. The molecule has 0 bridgehead atoms. The number of aryl methyl sites for hydroxylation is 1. The first-order valence-electron chi connectivity index (χ1n) is 9.39. The van der Waals surface area contributed by atoms with Gasteiger partial charge in [-0.05, 0) is 44.5 Å². The Kier molecular flexibility index (Phi) is 6.07. The molecule has 7 heteroatoms. The van der Waals surface area contributed by atoms with Gasteiger partial charge in [0.2, 0.25) is 0 Å². The molecule has 0 unspecified atom stereocenters. The third-order valence-corrected chi connectivity index (χ3v) is 4.64. The molecule has 3 rings (SSSR count). The molecule has 7 nitrogen and oxygen atoms in total. The highest BCUT2D eigenvalue weighted by molar-refractivity contribution is 6.21. The highest BCUT2D eigenvalue weighted by Crippen LogP contribution is 2.22. The number of hydrogen-bond acceptors (Lipinski definition) is 5. The van der Waals surface area contributed by atoms with Gasteiger partial charge in [0, 0.05) is 18.7 Å². The molecule has 0 fully saturated rings. The lowest BCUT2D eigenvalue weighted by Crippen LogP contribution is -2.32. The van der Waals surface area contributed by atoms with Crippen LogP contribution in [0, 0.1) is 6.92 Å². The molecule has 1 heterocycles. The van der Waals surface area contributed by atoms with Crippen molar-refractivity contribution < 1.29 is 23.9 Å². The number of amides is 3. The Morgan fingerprint density at radius 1 is 1.00 bits per heavy atom. The lowest BCUT2D eigenvalue weighted by Gasteiger charge is -2.15. The summed E-state index contributed by atoms with van der Waals surface area (Å²) in [5.74, 6) is -1.70. The van der Waals surface area contributed by atoms with Crippen LogP contribution in [0.4, 0.5) is 5.69 Å².